The maximum Gasteiger partial charge on any atom is 0.203 e. The summed E-state index contributed by atoms with van der Waals surface area (Å²) in [4.78, 5) is 9.69. The summed E-state index contributed by atoms with van der Waals surface area (Å²) in [7, 11) is 0. The van der Waals surface area contributed by atoms with Gasteiger partial charge in [-0.2, -0.15) is 0 Å². The van der Waals surface area contributed by atoms with Crippen LogP contribution in [0, 0.1) is 0 Å². The standard InChI is InChI=1S/C20H31N5/c1-2-23-12-14-24(15-13-23)19-9-5-6-17(16-19)22-20-21-10-11-25(20)18-7-3-4-8-18/h5-6,9-11,17-18H,2-4,7-8,12-16H2,1H3,(H,21,22). The second-order valence-corrected chi connectivity index (χ2v) is 7.52. The summed E-state index contributed by atoms with van der Waals surface area (Å²) in [5, 5.41) is 3.68. The molecule has 136 valence electrons. The summed E-state index contributed by atoms with van der Waals surface area (Å²) in [6.45, 7) is 8.09. The van der Waals surface area contributed by atoms with E-state index in [1.807, 2.05) is 6.20 Å². The highest BCUT2D eigenvalue weighted by atomic mass is 15.3. The number of rotatable bonds is 5. The van der Waals surface area contributed by atoms with Gasteiger partial charge in [-0.25, -0.2) is 4.98 Å². The Morgan fingerprint density at radius 3 is 2.72 bits per heavy atom. The zero-order valence-electron chi connectivity index (χ0n) is 15.4. The van der Waals surface area contributed by atoms with Crippen molar-refractivity contribution in [2.24, 2.45) is 0 Å². The molecule has 25 heavy (non-hydrogen) atoms. The molecule has 2 heterocycles. The van der Waals surface area contributed by atoms with Crippen LogP contribution in [0.15, 0.2) is 36.3 Å². The number of likely N-dealkylation sites (N-methyl/N-ethyl adjacent to an activating group) is 1. The predicted octanol–water partition coefficient (Wildman–Crippen LogP) is 3.26. The van der Waals surface area contributed by atoms with E-state index in [0.29, 0.717) is 12.1 Å². The lowest BCUT2D eigenvalue weighted by molar-refractivity contribution is 0.161. The van der Waals surface area contributed by atoms with Crippen LogP contribution in [0.4, 0.5) is 5.95 Å². The summed E-state index contributed by atoms with van der Waals surface area (Å²) in [6, 6.07) is 0.974. The molecule has 5 nitrogen and oxygen atoms in total. The van der Waals surface area contributed by atoms with Gasteiger partial charge in [-0.3, -0.25) is 0 Å². The van der Waals surface area contributed by atoms with Crippen LogP contribution in [0.1, 0.15) is 45.1 Å². The molecule has 3 aliphatic rings. The minimum atomic E-state index is 0.340. The Morgan fingerprint density at radius 2 is 1.96 bits per heavy atom. The first-order valence-corrected chi connectivity index (χ1v) is 9.97. The first-order valence-electron chi connectivity index (χ1n) is 9.97. The number of anilines is 1. The van der Waals surface area contributed by atoms with Crippen molar-refractivity contribution in [2.75, 3.05) is 38.0 Å². The molecule has 1 aliphatic heterocycles. The molecule has 0 amide bonds. The van der Waals surface area contributed by atoms with Crippen molar-refractivity contribution in [3.63, 3.8) is 0 Å². The fraction of sp³-hybridized carbons (Fsp3) is 0.650. The van der Waals surface area contributed by atoms with Gasteiger partial charge in [0.05, 0.1) is 6.04 Å². The first kappa shape index (κ1) is 16.7. The Kier molecular flexibility index (Phi) is 5.11. The number of imidazole rings is 1. The third-order valence-electron chi connectivity index (χ3n) is 5.99. The highest BCUT2D eigenvalue weighted by molar-refractivity contribution is 5.35. The summed E-state index contributed by atoms with van der Waals surface area (Å²) in [6.07, 6.45) is 17.2. The Labute approximate surface area is 151 Å². The fourth-order valence-corrected chi connectivity index (χ4v) is 4.41. The molecule has 4 rings (SSSR count). The predicted molar refractivity (Wildman–Crippen MR) is 103 cm³/mol. The minimum absolute atomic E-state index is 0.340. The smallest absolute Gasteiger partial charge is 0.203 e. The molecule has 1 saturated heterocycles. The minimum Gasteiger partial charge on any atom is -0.372 e. The molecule has 0 bridgehead atoms. The Morgan fingerprint density at radius 1 is 1.16 bits per heavy atom. The number of hydrogen-bond acceptors (Lipinski definition) is 4. The summed E-state index contributed by atoms with van der Waals surface area (Å²) in [5.41, 5.74) is 1.47. The van der Waals surface area contributed by atoms with Crippen LogP contribution < -0.4 is 5.32 Å². The molecule has 1 N–H and O–H groups in total. The van der Waals surface area contributed by atoms with E-state index < -0.39 is 0 Å². The normalized spacial score (nSPS) is 25.4. The average Bonchev–Trinajstić information content (AvgIpc) is 3.33. The van der Waals surface area contributed by atoms with Gasteiger partial charge in [-0.1, -0.05) is 31.9 Å². The van der Waals surface area contributed by atoms with Crippen molar-refractivity contribution in [1.29, 1.82) is 0 Å². The van der Waals surface area contributed by atoms with Gasteiger partial charge in [0.2, 0.25) is 5.95 Å². The number of piperazine rings is 1. The van der Waals surface area contributed by atoms with E-state index in [2.05, 4.69) is 56.0 Å². The van der Waals surface area contributed by atoms with Gasteiger partial charge in [0.15, 0.2) is 0 Å². The summed E-state index contributed by atoms with van der Waals surface area (Å²) >= 11 is 0. The number of hydrogen-bond donors (Lipinski definition) is 1. The molecule has 2 aliphatic carbocycles. The van der Waals surface area contributed by atoms with Gasteiger partial charge in [-0.15, -0.1) is 0 Å². The van der Waals surface area contributed by atoms with E-state index in [-0.39, 0.29) is 0 Å². The zero-order valence-corrected chi connectivity index (χ0v) is 15.4. The molecule has 0 spiro atoms. The summed E-state index contributed by atoms with van der Waals surface area (Å²) in [5.74, 6) is 1.04. The highest BCUT2D eigenvalue weighted by Gasteiger charge is 2.23. The summed E-state index contributed by atoms with van der Waals surface area (Å²) < 4.78 is 2.36. The molecule has 2 fully saturated rings. The number of nitrogens with zero attached hydrogens (tertiary/aromatic N) is 4. The average molecular weight is 342 g/mol. The van der Waals surface area contributed by atoms with Crippen molar-refractivity contribution in [1.82, 2.24) is 19.4 Å². The molecule has 1 unspecified atom stereocenters. The number of aromatic nitrogens is 2. The second-order valence-electron chi connectivity index (χ2n) is 7.52. The van der Waals surface area contributed by atoms with Gasteiger partial charge in [0.1, 0.15) is 0 Å². The molecule has 1 aromatic rings. The van der Waals surface area contributed by atoms with Gasteiger partial charge in [0, 0.05) is 56.7 Å². The molecule has 5 heteroatoms. The Bertz CT molecular complexity index is 618. The number of nitrogens with one attached hydrogen (secondary N) is 1. The molecular weight excluding hydrogens is 310 g/mol. The van der Waals surface area contributed by atoms with E-state index in [1.54, 1.807) is 0 Å². The third-order valence-corrected chi connectivity index (χ3v) is 5.99. The van der Waals surface area contributed by atoms with Crippen molar-refractivity contribution >= 4 is 5.95 Å². The van der Waals surface area contributed by atoms with Crippen LogP contribution in [0.5, 0.6) is 0 Å². The van der Waals surface area contributed by atoms with Gasteiger partial charge in [-0.05, 0) is 25.5 Å². The van der Waals surface area contributed by atoms with E-state index >= 15 is 0 Å². The molecule has 1 saturated carbocycles. The SMILES string of the molecule is CCN1CCN(C2=CC=CC(Nc3nccn3C3CCCC3)C2)CC1. The van der Waals surface area contributed by atoms with E-state index in [0.717, 1.165) is 25.5 Å². The molecule has 0 radical (unpaired) electrons. The molecule has 1 aromatic heterocycles. The lowest BCUT2D eigenvalue weighted by Crippen LogP contribution is -2.46. The second kappa shape index (κ2) is 7.65. The zero-order chi connectivity index (χ0) is 17.1. The van der Waals surface area contributed by atoms with E-state index in [4.69, 9.17) is 0 Å². The van der Waals surface area contributed by atoms with Crippen molar-refractivity contribution in [2.45, 2.75) is 51.1 Å². The van der Waals surface area contributed by atoms with Crippen LogP contribution in [0.3, 0.4) is 0 Å². The van der Waals surface area contributed by atoms with Crippen LogP contribution in [-0.4, -0.2) is 58.1 Å². The van der Waals surface area contributed by atoms with E-state index in [9.17, 15) is 0 Å². The maximum atomic E-state index is 4.59. The topological polar surface area (TPSA) is 36.3 Å². The fourth-order valence-electron chi connectivity index (χ4n) is 4.41. The van der Waals surface area contributed by atoms with Crippen LogP contribution >= 0.6 is 0 Å². The lowest BCUT2D eigenvalue weighted by Gasteiger charge is -2.38. The van der Waals surface area contributed by atoms with Crippen LogP contribution in [-0.2, 0) is 0 Å². The molecule has 1 atom stereocenters. The van der Waals surface area contributed by atoms with Crippen molar-refractivity contribution < 1.29 is 0 Å². The van der Waals surface area contributed by atoms with Gasteiger partial charge in [0.25, 0.3) is 0 Å². The lowest BCUT2D eigenvalue weighted by atomic mass is 10.0. The largest absolute Gasteiger partial charge is 0.372 e. The highest BCUT2D eigenvalue weighted by Crippen LogP contribution is 2.32. The van der Waals surface area contributed by atoms with Crippen LogP contribution in [0.2, 0.25) is 0 Å². The molecular formula is C20H31N5. The maximum absolute atomic E-state index is 4.59. The van der Waals surface area contributed by atoms with Crippen molar-refractivity contribution in [3.8, 4) is 0 Å². The van der Waals surface area contributed by atoms with Crippen molar-refractivity contribution in [3.05, 3.63) is 36.3 Å². The third kappa shape index (κ3) is 3.76. The van der Waals surface area contributed by atoms with Gasteiger partial charge >= 0.3 is 0 Å². The Balaban J connectivity index is 1.37. The monoisotopic (exact) mass is 341 g/mol. The first-order chi connectivity index (χ1) is 12.3. The quantitative estimate of drug-likeness (QED) is 0.892. The van der Waals surface area contributed by atoms with Crippen LogP contribution in [0.25, 0.3) is 0 Å². The van der Waals surface area contributed by atoms with E-state index in [1.165, 1.54) is 51.0 Å². The Hall–Kier alpha value is -1.75. The molecule has 0 aromatic carbocycles. The number of allylic oxidation sites excluding steroid dienone is 2. The van der Waals surface area contributed by atoms with Gasteiger partial charge < -0.3 is 19.7 Å².